The number of hydrogen-bond acceptors (Lipinski definition) is 3. The Labute approximate surface area is 95.4 Å². The van der Waals surface area contributed by atoms with Gasteiger partial charge in [0.15, 0.2) is 0 Å². The van der Waals surface area contributed by atoms with Crippen LogP contribution in [0.4, 0.5) is 0 Å². The maximum absolute atomic E-state index is 11.7. The zero-order valence-corrected chi connectivity index (χ0v) is 10.0. The third-order valence-electron chi connectivity index (χ3n) is 2.19. The van der Waals surface area contributed by atoms with E-state index in [1.807, 2.05) is 32.9 Å². The van der Waals surface area contributed by atoms with Crippen molar-refractivity contribution in [2.24, 2.45) is 0 Å². The fourth-order valence-electron chi connectivity index (χ4n) is 1.50. The minimum Gasteiger partial charge on any atom is -0.390 e. The summed E-state index contributed by atoms with van der Waals surface area (Å²) >= 11 is 0. The predicted molar refractivity (Wildman–Crippen MR) is 61.2 cm³/mol. The molecule has 0 aliphatic carbocycles. The van der Waals surface area contributed by atoms with Gasteiger partial charge in [-0.2, -0.15) is 0 Å². The van der Waals surface area contributed by atoms with Crippen molar-refractivity contribution in [2.75, 3.05) is 0 Å². The van der Waals surface area contributed by atoms with E-state index in [-0.39, 0.29) is 5.41 Å². The van der Waals surface area contributed by atoms with Crippen molar-refractivity contribution < 1.29 is 14.3 Å². The molecule has 0 aromatic heterocycles. The lowest BCUT2D eigenvalue weighted by molar-refractivity contribution is -0.135. The average molecular weight is 220 g/mol. The van der Waals surface area contributed by atoms with Gasteiger partial charge < -0.3 is 4.74 Å². The largest absolute Gasteiger partial charge is 0.390 e. The van der Waals surface area contributed by atoms with E-state index >= 15 is 0 Å². The van der Waals surface area contributed by atoms with Crippen LogP contribution in [0.1, 0.15) is 43.6 Å². The maximum atomic E-state index is 11.7. The number of hydrogen-bond donors (Lipinski definition) is 0. The molecule has 0 amide bonds. The number of carbonyl (C=O) groups is 2. The predicted octanol–water partition coefficient (Wildman–Crippen LogP) is 2.69. The first-order chi connectivity index (χ1) is 7.32. The van der Waals surface area contributed by atoms with Gasteiger partial charge in [0.1, 0.15) is 0 Å². The van der Waals surface area contributed by atoms with Crippen molar-refractivity contribution in [2.45, 2.75) is 33.1 Å². The molecule has 0 aliphatic rings. The standard InChI is InChI=1S/C13H16O3/c1-9(14)16-12(15)10-7-5-6-8-11(10)13(2,3)4/h5-8H,1-4H3. The molecule has 1 aromatic carbocycles. The second kappa shape index (κ2) is 4.47. The van der Waals surface area contributed by atoms with Crippen LogP contribution < -0.4 is 0 Å². The van der Waals surface area contributed by atoms with Crippen molar-refractivity contribution in [1.82, 2.24) is 0 Å². The van der Waals surface area contributed by atoms with Gasteiger partial charge in [-0.05, 0) is 17.0 Å². The Morgan fingerprint density at radius 1 is 1.12 bits per heavy atom. The highest BCUT2D eigenvalue weighted by atomic mass is 16.6. The van der Waals surface area contributed by atoms with Crippen molar-refractivity contribution in [3.8, 4) is 0 Å². The summed E-state index contributed by atoms with van der Waals surface area (Å²) in [6.07, 6.45) is 0. The highest BCUT2D eigenvalue weighted by molar-refractivity contribution is 5.97. The maximum Gasteiger partial charge on any atom is 0.346 e. The van der Waals surface area contributed by atoms with Gasteiger partial charge in [-0.15, -0.1) is 0 Å². The molecule has 0 unspecified atom stereocenters. The van der Waals surface area contributed by atoms with Gasteiger partial charge in [-0.25, -0.2) is 4.79 Å². The van der Waals surface area contributed by atoms with E-state index in [4.69, 9.17) is 0 Å². The lowest BCUT2D eigenvalue weighted by atomic mass is 9.84. The highest BCUT2D eigenvalue weighted by Gasteiger charge is 2.22. The monoisotopic (exact) mass is 220 g/mol. The number of rotatable bonds is 1. The molecular weight excluding hydrogens is 204 g/mol. The fourth-order valence-corrected chi connectivity index (χ4v) is 1.50. The zero-order valence-electron chi connectivity index (χ0n) is 10.0. The van der Waals surface area contributed by atoms with E-state index in [2.05, 4.69) is 4.74 Å². The molecule has 0 spiro atoms. The summed E-state index contributed by atoms with van der Waals surface area (Å²) in [4.78, 5) is 22.4. The summed E-state index contributed by atoms with van der Waals surface area (Å²) in [5.74, 6) is -1.17. The third kappa shape index (κ3) is 2.92. The topological polar surface area (TPSA) is 43.4 Å². The quantitative estimate of drug-likeness (QED) is 0.540. The minimum absolute atomic E-state index is 0.160. The van der Waals surface area contributed by atoms with E-state index in [0.717, 1.165) is 5.56 Å². The van der Waals surface area contributed by atoms with Crippen LogP contribution in [0.25, 0.3) is 0 Å². The Balaban J connectivity index is 3.14. The first kappa shape index (κ1) is 12.4. The average Bonchev–Trinajstić information content (AvgIpc) is 2.15. The molecule has 0 fully saturated rings. The Morgan fingerprint density at radius 3 is 2.19 bits per heavy atom. The van der Waals surface area contributed by atoms with Gasteiger partial charge >= 0.3 is 11.9 Å². The fraction of sp³-hybridized carbons (Fsp3) is 0.385. The molecule has 16 heavy (non-hydrogen) atoms. The van der Waals surface area contributed by atoms with Crippen LogP contribution in [0.15, 0.2) is 24.3 Å². The molecule has 3 heteroatoms. The molecule has 0 radical (unpaired) electrons. The molecule has 0 aliphatic heterocycles. The molecule has 0 saturated carbocycles. The van der Waals surface area contributed by atoms with E-state index in [1.54, 1.807) is 12.1 Å². The van der Waals surface area contributed by atoms with Crippen LogP contribution in [0.2, 0.25) is 0 Å². The van der Waals surface area contributed by atoms with Crippen LogP contribution in [0, 0.1) is 0 Å². The summed E-state index contributed by atoms with van der Waals surface area (Å²) in [5, 5.41) is 0. The van der Waals surface area contributed by atoms with Crippen LogP contribution in [0.3, 0.4) is 0 Å². The van der Waals surface area contributed by atoms with Gasteiger partial charge in [0.25, 0.3) is 0 Å². The first-order valence-electron chi connectivity index (χ1n) is 5.14. The molecule has 0 atom stereocenters. The van der Waals surface area contributed by atoms with Gasteiger partial charge in [-0.3, -0.25) is 4.79 Å². The number of esters is 2. The molecule has 1 aromatic rings. The normalized spacial score (nSPS) is 11.0. The van der Waals surface area contributed by atoms with E-state index in [1.165, 1.54) is 6.92 Å². The highest BCUT2D eigenvalue weighted by Crippen LogP contribution is 2.26. The lowest BCUT2D eigenvalue weighted by Gasteiger charge is -2.21. The van der Waals surface area contributed by atoms with Crippen molar-refractivity contribution in [3.63, 3.8) is 0 Å². The lowest BCUT2D eigenvalue weighted by Crippen LogP contribution is -2.19. The Hall–Kier alpha value is -1.64. The SMILES string of the molecule is CC(=O)OC(=O)c1ccccc1C(C)(C)C. The smallest absolute Gasteiger partial charge is 0.346 e. The van der Waals surface area contributed by atoms with Crippen LogP contribution in [-0.4, -0.2) is 11.9 Å². The van der Waals surface area contributed by atoms with E-state index in [9.17, 15) is 9.59 Å². The first-order valence-corrected chi connectivity index (χ1v) is 5.14. The Kier molecular flexibility index (Phi) is 3.48. The molecule has 3 nitrogen and oxygen atoms in total. The van der Waals surface area contributed by atoms with Gasteiger partial charge in [0.2, 0.25) is 0 Å². The molecule has 0 N–H and O–H groups in total. The van der Waals surface area contributed by atoms with Crippen molar-refractivity contribution in [3.05, 3.63) is 35.4 Å². The number of carbonyl (C=O) groups excluding carboxylic acids is 2. The summed E-state index contributed by atoms with van der Waals surface area (Å²) in [7, 11) is 0. The molecule has 1 rings (SSSR count). The van der Waals surface area contributed by atoms with Gasteiger partial charge in [-0.1, -0.05) is 39.0 Å². The summed E-state index contributed by atoms with van der Waals surface area (Å²) in [6, 6.07) is 7.17. The second-order valence-corrected chi connectivity index (χ2v) is 4.68. The second-order valence-electron chi connectivity index (χ2n) is 4.68. The Bertz CT molecular complexity index is 413. The van der Waals surface area contributed by atoms with Crippen LogP contribution in [-0.2, 0) is 14.9 Å². The molecule has 0 bridgehead atoms. The summed E-state index contributed by atoms with van der Waals surface area (Å²) in [5.41, 5.74) is 1.17. The number of benzene rings is 1. The molecule has 0 heterocycles. The van der Waals surface area contributed by atoms with Crippen molar-refractivity contribution in [1.29, 1.82) is 0 Å². The van der Waals surface area contributed by atoms with Crippen molar-refractivity contribution >= 4 is 11.9 Å². The molecular formula is C13H16O3. The third-order valence-corrected chi connectivity index (χ3v) is 2.19. The Morgan fingerprint density at radius 2 is 1.69 bits per heavy atom. The summed E-state index contributed by atoms with van der Waals surface area (Å²) in [6.45, 7) is 7.24. The minimum atomic E-state index is -0.589. The van der Waals surface area contributed by atoms with Crippen LogP contribution in [0.5, 0.6) is 0 Å². The molecule has 0 saturated heterocycles. The van der Waals surface area contributed by atoms with Gasteiger partial charge in [0.05, 0.1) is 5.56 Å². The molecule has 86 valence electrons. The van der Waals surface area contributed by atoms with E-state index in [0.29, 0.717) is 5.56 Å². The van der Waals surface area contributed by atoms with E-state index < -0.39 is 11.9 Å². The summed E-state index contributed by atoms with van der Waals surface area (Å²) < 4.78 is 4.59. The van der Waals surface area contributed by atoms with Gasteiger partial charge in [0, 0.05) is 6.92 Å². The number of ether oxygens (including phenoxy) is 1. The zero-order chi connectivity index (χ0) is 12.3. The van der Waals surface area contributed by atoms with Crippen LogP contribution >= 0.6 is 0 Å².